The molecule has 3 nitrogen and oxygen atoms in total. The second-order valence-electron chi connectivity index (χ2n) is 4.21. The van der Waals surface area contributed by atoms with Crippen LogP contribution in [0.1, 0.15) is 39.0 Å². The van der Waals surface area contributed by atoms with E-state index in [0.29, 0.717) is 0 Å². The summed E-state index contributed by atoms with van der Waals surface area (Å²) in [6.07, 6.45) is 8.27. The SMILES string of the molecule is CCCCCCCNc1ccc(=O)n(C)c1. The predicted molar refractivity (Wildman–Crippen MR) is 68.9 cm³/mol. The molecule has 0 amide bonds. The second-order valence-corrected chi connectivity index (χ2v) is 4.21. The molecule has 90 valence electrons. The highest BCUT2D eigenvalue weighted by atomic mass is 16.1. The lowest BCUT2D eigenvalue weighted by Gasteiger charge is -2.07. The Morgan fingerprint density at radius 3 is 2.62 bits per heavy atom. The highest BCUT2D eigenvalue weighted by Crippen LogP contribution is 2.05. The molecular weight excluding hydrogens is 200 g/mol. The van der Waals surface area contributed by atoms with Gasteiger partial charge in [0.05, 0.1) is 5.69 Å². The van der Waals surface area contributed by atoms with Crippen LogP contribution < -0.4 is 10.9 Å². The van der Waals surface area contributed by atoms with Crippen LogP contribution in [-0.2, 0) is 7.05 Å². The Morgan fingerprint density at radius 2 is 1.94 bits per heavy atom. The Bertz CT molecular complexity index is 357. The second kappa shape index (κ2) is 7.09. The minimum atomic E-state index is 0.0356. The summed E-state index contributed by atoms with van der Waals surface area (Å²) in [6, 6.07) is 3.44. The summed E-state index contributed by atoms with van der Waals surface area (Å²) in [7, 11) is 1.77. The van der Waals surface area contributed by atoms with Crippen LogP contribution in [0.4, 0.5) is 5.69 Å². The van der Waals surface area contributed by atoms with Crippen LogP contribution in [0.5, 0.6) is 0 Å². The minimum absolute atomic E-state index is 0.0356. The van der Waals surface area contributed by atoms with E-state index in [-0.39, 0.29) is 5.56 Å². The van der Waals surface area contributed by atoms with Gasteiger partial charge in [0.1, 0.15) is 0 Å². The normalized spacial score (nSPS) is 10.4. The lowest BCUT2D eigenvalue weighted by Crippen LogP contribution is -2.15. The maximum atomic E-state index is 11.2. The summed E-state index contributed by atoms with van der Waals surface area (Å²) in [6.45, 7) is 3.21. The van der Waals surface area contributed by atoms with E-state index < -0.39 is 0 Å². The maximum absolute atomic E-state index is 11.2. The van der Waals surface area contributed by atoms with Crippen molar-refractivity contribution in [3.8, 4) is 0 Å². The Kier molecular flexibility index (Phi) is 5.68. The van der Waals surface area contributed by atoms with Crippen molar-refractivity contribution >= 4 is 5.69 Å². The van der Waals surface area contributed by atoms with Crippen molar-refractivity contribution in [3.63, 3.8) is 0 Å². The van der Waals surface area contributed by atoms with Crippen LogP contribution in [0, 0.1) is 0 Å². The average molecular weight is 222 g/mol. The van der Waals surface area contributed by atoms with E-state index in [9.17, 15) is 4.79 Å². The van der Waals surface area contributed by atoms with E-state index in [1.54, 1.807) is 17.7 Å². The van der Waals surface area contributed by atoms with Gasteiger partial charge in [0.2, 0.25) is 5.56 Å². The molecule has 0 aliphatic heterocycles. The first-order chi connectivity index (χ1) is 7.74. The average Bonchev–Trinajstić information content (AvgIpc) is 2.28. The molecule has 0 radical (unpaired) electrons. The smallest absolute Gasteiger partial charge is 0.250 e. The zero-order chi connectivity index (χ0) is 11.8. The third-order valence-corrected chi connectivity index (χ3v) is 2.70. The molecular formula is C13H22N2O. The number of hydrogen-bond acceptors (Lipinski definition) is 2. The summed E-state index contributed by atoms with van der Waals surface area (Å²) in [5, 5.41) is 3.33. The van der Waals surface area contributed by atoms with Gasteiger partial charge < -0.3 is 9.88 Å². The number of hydrogen-bond donors (Lipinski definition) is 1. The first-order valence-corrected chi connectivity index (χ1v) is 6.14. The van der Waals surface area contributed by atoms with Crippen LogP contribution >= 0.6 is 0 Å². The standard InChI is InChI=1S/C13H22N2O/c1-3-4-5-6-7-10-14-12-8-9-13(16)15(2)11-12/h8-9,11,14H,3-7,10H2,1-2H3. The van der Waals surface area contributed by atoms with Crippen molar-refractivity contribution < 1.29 is 0 Å². The van der Waals surface area contributed by atoms with Crippen LogP contribution in [0.15, 0.2) is 23.1 Å². The van der Waals surface area contributed by atoms with E-state index in [4.69, 9.17) is 0 Å². The summed E-state index contributed by atoms with van der Waals surface area (Å²) >= 11 is 0. The summed E-state index contributed by atoms with van der Waals surface area (Å²) in [5.74, 6) is 0. The fraction of sp³-hybridized carbons (Fsp3) is 0.615. The molecule has 0 aliphatic carbocycles. The van der Waals surface area contributed by atoms with Gasteiger partial charge >= 0.3 is 0 Å². The number of pyridine rings is 1. The quantitative estimate of drug-likeness (QED) is 0.720. The number of anilines is 1. The third-order valence-electron chi connectivity index (χ3n) is 2.70. The Balaban J connectivity index is 2.22. The molecule has 0 atom stereocenters. The fourth-order valence-corrected chi connectivity index (χ4v) is 1.66. The van der Waals surface area contributed by atoms with Crippen molar-refractivity contribution in [1.29, 1.82) is 0 Å². The lowest BCUT2D eigenvalue weighted by atomic mass is 10.1. The molecule has 0 fully saturated rings. The number of rotatable bonds is 7. The molecule has 0 aliphatic rings. The minimum Gasteiger partial charge on any atom is -0.384 e. The molecule has 1 aromatic rings. The Hall–Kier alpha value is -1.25. The molecule has 1 heterocycles. The molecule has 0 bridgehead atoms. The van der Waals surface area contributed by atoms with Gasteiger partial charge in [-0.3, -0.25) is 4.79 Å². The summed E-state index contributed by atoms with van der Waals surface area (Å²) in [5.41, 5.74) is 1.06. The third kappa shape index (κ3) is 4.51. The molecule has 0 spiro atoms. The number of aromatic nitrogens is 1. The molecule has 1 aromatic heterocycles. The molecule has 0 unspecified atom stereocenters. The molecule has 0 saturated heterocycles. The van der Waals surface area contributed by atoms with E-state index in [1.165, 1.54) is 32.1 Å². The predicted octanol–water partition coefficient (Wildman–Crippen LogP) is 2.77. The summed E-state index contributed by atoms with van der Waals surface area (Å²) in [4.78, 5) is 11.2. The van der Waals surface area contributed by atoms with Gasteiger partial charge in [0.25, 0.3) is 0 Å². The molecule has 1 N–H and O–H groups in total. The summed E-state index contributed by atoms with van der Waals surface area (Å²) < 4.78 is 1.60. The zero-order valence-corrected chi connectivity index (χ0v) is 10.3. The Labute approximate surface area is 97.5 Å². The van der Waals surface area contributed by atoms with Crippen molar-refractivity contribution in [2.75, 3.05) is 11.9 Å². The number of unbranched alkanes of at least 4 members (excludes halogenated alkanes) is 4. The van der Waals surface area contributed by atoms with Gasteiger partial charge in [-0.25, -0.2) is 0 Å². The maximum Gasteiger partial charge on any atom is 0.250 e. The molecule has 1 rings (SSSR count). The van der Waals surface area contributed by atoms with Crippen molar-refractivity contribution in [1.82, 2.24) is 4.57 Å². The van der Waals surface area contributed by atoms with Crippen LogP contribution in [0.3, 0.4) is 0 Å². The van der Waals surface area contributed by atoms with Crippen LogP contribution in [0.2, 0.25) is 0 Å². The van der Waals surface area contributed by atoms with E-state index in [1.807, 2.05) is 12.3 Å². The van der Waals surface area contributed by atoms with Gasteiger partial charge in [0.15, 0.2) is 0 Å². The molecule has 16 heavy (non-hydrogen) atoms. The topological polar surface area (TPSA) is 34.0 Å². The van der Waals surface area contributed by atoms with Crippen molar-refractivity contribution in [2.45, 2.75) is 39.0 Å². The monoisotopic (exact) mass is 222 g/mol. The van der Waals surface area contributed by atoms with Gasteiger partial charge in [-0.15, -0.1) is 0 Å². The number of aryl methyl sites for hydroxylation is 1. The van der Waals surface area contributed by atoms with Gasteiger partial charge in [-0.1, -0.05) is 32.6 Å². The molecule has 0 saturated carbocycles. The molecule has 0 aromatic carbocycles. The first-order valence-electron chi connectivity index (χ1n) is 6.14. The van der Waals surface area contributed by atoms with E-state index in [2.05, 4.69) is 12.2 Å². The van der Waals surface area contributed by atoms with Gasteiger partial charge in [-0.05, 0) is 12.5 Å². The zero-order valence-electron chi connectivity index (χ0n) is 10.3. The molecule has 3 heteroatoms. The van der Waals surface area contributed by atoms with Gasteiger partial charge in [0, 0.05) is 25.9 Å². The number of nitrogens with zero attached hydrogens (tertiary/aromatic N) is 1. The van der Waals surface area contributed by atoms with Crippen molar-refractivity contribution in [2.24, 2.45) is 7.05 Å². The largest absolute Gasteiger partial charge is 0.384 e. The number of nitrogens with one attached hydrogen (secondary N) is 1. The van der Waals surface area contributed by atoms with Crippen LogP contribution in [-0.4, -0.2) is 11.1 Å². The first kappa shape index (κ1) is 12.8. The Morgan fingerprint density at radius 1 is 1.19 bits per heavy atom. The van der Waals surface area contributed by atoms with E-state index >= 15 is 0 Å². The van der Waals surface area contributed by atoms with Crippen LogP contribution in [0.25, 0.3) is 0 Å². The highest BCUT2D eigenvalue weighted by molar-refractivity contribution is 5.39. The lowest BCUT2D eigenvalue weighted by molar-refractivity contribution is 0.645. The van der Waals surface area contributed by atoms with Crippen molar-refractivity contribution in [3.05, 3.63) is 28.7 Å². The van der Waals surface area contributed by atoms with Gasteiger partial charge in [-0.2, -0.15) is 0 Å². The fourth-order valence-electron chi connectivity index (χ4n) is 1.66. The highest BCUT2D eigenvalue weighted by Gasteiger charge is 1.94. The van der Waals surface area contributed by atoms with E-state index in [0.717, 1.165) is 12.2 Å².